The molecule has 1 aliphatic rings. The summed E-state index contributed by atoms with van der Waals surface area (Å²) < 4.78 is 11.1. The van der Waals surface area contributed by atoms with Gasteiger partial charge in [0.25, 0.3) is 11.8 Å². The van der Waals surface area contributed by atoms with Crippen LogP contribution in [0.3, 0.4) is 0 Å². The quantitative estimate of drug-likeness (QED) is 0.612. The molecule has 3 N–H and O–H groups in total. The number of ether oxygens (including phenoxy) is 2. The first-order chi connectivity index (χ1) is 14.4. The van der Waals surface area contributed by atoms with Crippen molar-refractivity contribution in [1.82, 2.24) is 9.80 Å². The van der Waals surface area contributed by atoms with Crippen LogP contribution in [0, 0.1) is 0 Å². The van der Waals surface area contributed by atoms with E-state index < -0.39 is 23.2 Å². The van der Waals surface area contributed by atoms with Gasteiger partial charge >= 0.3 is 0 Å². The fraction of sp³-hybridized carbons (Fsp3) is 0.333. The van der Waals surface area contributed by atoms with Crippen molar-refractivity contribution >= 4 is 11.8 Å². The van der Waals surface area contributed by atoms with Gasteiger partial charge in [-0.3, -0.25) is 9.59 Å². The fourth-order valence-electron chi connectivity index (χ4n) is 3.14. The second-order valence-electron chi connectivity index (χ2n) is 6.70. The lowest BCUT2D eigenvalue weighted by molar-refractivity contribution is -0.134. The number of rotatable bonds is 6. The Balaban J connectivity index is 1.54. The van der Waals surface area contributed by atoms with Crippen LogP contribution in [0.1, 0.15) is 17.3 Å². The van der Waals surface area contributed by atoms with Crippen LogP contribution in [0.2, 0.25) is 0 Å². The highest BCUT2D eigenvalue weighted by molar-refractivity contribution is 5.95. The van der Waals surface area contributed by atoms with Gasteiger partial charge in [-0.05, 0) is 31.2 Å². The Morgan fingerprint density at radius 2 is 1.43 bits per heavy atom. The first kappa shape index (κ1) is 21.1. The number of phenols is 3. The molecule has 1 heterocycles. The molecule has 9 heteroatoms. The third kappa shape index (κ3) is 4.68. The van der Waals surface area contributed by atoms with Crippen molar-refractivity contribution in [3.63, 3.8) is 0 Å². The van der Waals surface area contributed by atoms with Gasteiger partial charge in [-0.15, -0.1) is 0 Å². The van der Waals surface area contributed by atoms with E-state index in [-0.39, 0.29) is 18.1 Å². The molecule has 2 aromatic rings. The average molecular weight is 416 g/mol. The zero-order valence-electron chi connectivity index (χ0n) is 16.6. The van der Waals surface area contributed by atoms with Crippen molar-refractivity contribution in [3.05, 3.63) is 42.0 Å². The number of phenolic OH excluding ortho intramolecular Hbond substituents is 3. The lowest BCUT2D eigenvalue weighted by Gasteiger charge is -2.34. The van der Waals surface area contributed by atoms with Gasteiger partial charge in [-0.1, -0.05) is 12.1 Å². The topological polar surface area (TPSA) is 120 Å². The second kappa shape index (κ2) is 9.25. The largest absolute Gasteiger partial charge is 0.504 e. The molecule has 2 aromatic carbocycles. The minimum atomic E-state index is -0.673. The Kier molecular flexibility index (Phi) is 6.51. The van der Waals surface area contributed by atoms with E-state index in [1.54, 1.807) is 23.1 Å². The van der Waals surface area contributed by atoms with Crippen molar-refractivity contribution < 1.29 is 34.4 Å². The number of aromatic hydroxyl groups is 3. The third-order valence-electron chi connectivity index (χ3n) is 4.74. The number of para-hydroxylation sites is 2. The number of amides is 2. The summed E-state index contributed by atoms with van der Waals surface area (Å²) in [7, 11) is 0. The average Bonchev–Trinajstić information content (AvgIpc) is 2.76. The highest BCUT2D eigenvalue weighted by Crippen LogP contribution is 2.35. The van der Waals surface area contributed by atoms with Gasteiger partial charge in [0.05, 0.1) is 6.61 Å². The molecule has 2 amide bonds. The maximum Gasteiger partial charge on any atom is 0.260 e. The van der Waals surface area contributed by atoms with Gasteiger partial charge in [0.1, 0.15) is 0 Å². The van der Waals surface area contributed by atoms with Crippen LogP contribution in [-0.4, -0.2) is 76.3 Å². The van der Waals surface area contributed by atoms with Crippen LogP contribution >= 0.6 is 0 Å². The van der Waals surface area contributed by atoms with Crippen LogP contribution in [-0.2, 0) is 4.79 Å². The van der Waals surface area contributed by atoms with Crippen LogP contribution in [0.25, 0.3) is 0 Å². The molecule has 0 atom stereocenters. The van der Waals surface area contributed by atoms with Crippen LogP contribution in [0.15, 0.2) is 36.4 Å². The molecule has 0 bridgehead atoms. The second-order valence-corrected chi connectivity index (χ2v) is 6.70. The minimum absolute atomic E-state index is 0.0541. The standard InChI is InChI=1S/C21H24N2O7/c1-2-29-17-5-3-4-6-18(17)30-13-19(26)22-7-9-23(10-8-22)21(28)14-11-15(24)20(27)16(25)12-14/h3-6,11-12,24-25,27H,2,7-10,13H2,1H3. The normalized spacial score (nSPS) is 13.8. The number of hydrogen-bond acceptors (Lipinski definition) is 7. The summed E-state index contributed by atoms with van der Waals surface area (Å²) in [5, 5.41) is 28.6. The molecule has 0 spiro atoms. The Morgan fingerprint density at radius 1 is 0.900 bits per heavy atom. The van der Waals surface area contributed by atoms with E-state index >= 15 is 0 Å². The Hall–Kier alpha value is -3.62. The molecule has 3 rings (SSSR count). The molecule has 0 aromatic heterocycles. The molecule has 1 fully saturated rings. The number of piperazine rings is 1. The zero-order valence-corrected chi connectivity index (χ0v) is 16.6. The maximum atomic E-state index is 12.6. The summed E-state index contributed by atoms with van der Waals surface area (Å²) in [6.45, 7) is 3.46. The summed E-state index contributed by atoms with van der Waals surface area (Å²) in [5.74, 6) is -1.36. The first-order valence-electron chi connectivity index (χ1n) is 9.57. The van der Waals surface area contributed by atoms with E-state index in [9.17, 15) is 24.9 Å². The molecular weight excluding hydrogens is 392 g/mol. The van der Waals surface area contributed by atoms with E-state index in [4.69, 9.17) is 9.47 Å². The summed E-state index contributed by atoms with van der Waals surface area (Å²) in [6, 6.07) is 9.32. The first-order valence-corrected chi connectivity index (χ1v) is 9.57. The molecule has 1 aliphatic heterocycles. The number of carbonyl (C=O) groups is 2. The highest BCUT2D eigenvalue weighted by atomic mass is 16.5. The van der Waals surface area contributed by atoms with Crippen molar-refractivity contribution in [2.24, 2.45) is 0 Å². The van der Waals surface area contributed by atoms with Gasteiger partial charge in [0.2, 0.25) is 0 Å². The number of benzene rings is 2. The molecule has 1 saturated heterocycles. The molecule has 9 nitrogen and oxygen atoms in total. The molecule has 160 valence electrons. The number of carbonyl (C=O) groups excluding carboxylic acids is 2. The van der Waals surface area contributed by atoms with E-state index in [1.807, 2.05) is 13.0 Å². The minimum Gasteiger partial charge on any atom is -0.504 e. The van der Waals surface area contributed by atoms with Gasteiger partial charge in [-0.25, -0.2) is 0 Å². The maximum absolute atomic E-state index is 12.6. The molecule has 0 radical (unpaired) electrons. The van der Waals surface area contributed by atoms with Crippen LogP contribution < -0.4 is 9.47 Å². The number of nitrogens with zero attached hydrogens (tertiary/aromatic N) is 2. The van der Waals surface area contributed by atoms with Crippen LogP contribution in [0.5, 0.6) is 28.7 Å². The third-order valence-corrected chi connectivity index (χ3v) is 4.74. The predicted octanol–water partition coefficient (Wildman–Crippen LogP) is 1.57. The molecule has 0 aliphatic carbocycles. The lowest BCUT2D eigenvalue weighted by atomic mass is 10.1. The lowest BCUT2D eigenvalue weighted by Crippen LogP contribution is -2.51. The van der Waals surface area contributed by atoms with E-state index in [2.05, 4.69) is 0 Å². The predicted molar refractivity (Wildman–Crippen MR) is 107 cm³/mol. The van der Waals surface area contributed by atoms with Crippen molar-refractivity contribution in [1.29, 1.82) is 0 Å². The number of hydrogen-bond donors (Lipinski definition) is 3. The highest BCUT2D eigenvalue weighted by Gasteiger charge is 2.26. The van der Waals surface area contributed by atoms with Crippen molar-refractivity contribution in [3.8, 4) is 28.7 Å². The van der Waals surface area contributed by atoms with Gasteiger partial charge in [0.15, 0.2) is 35.4 Å². The van der Waals surface area contributed by atoms with Crippen molar-refractivity contribution in [2.75, 3.05) is 39.4 Å². The van der Waals surface area contributed by atoms with E-state index in [0.717, 1.165) is 12.1 Å². The Morgan fingerprint density at radius 3 is 2.00 bits per heavy atom. The molecule has 0 saturated carbocycles. The summed E-state index contributed by atoms with van der Waals surface area (Å²) >= 11 is 0. The van der Waals surface area contributed by atoms with Crippen LogP contribution in [0.4, 0.5) is 0 Å². The Bertz CT molecular complexity index is 900. The SMILES string of the molecule is CCOc1ccccc1OCC(=O)N1CCN(C(=O)c2cc(O)c(O)c(O)c2)CC1. The van der Waals surface area contributed by atoms with Gasteiger partial charge in [-0.2, -0.15) is 0 Å². The molecule has 30 heavy (non-hydrogen) atoms. The van der Waals surface area contributed by atoms with Gasteiger partial charge in [0, 0.05) is 31.7 Å². The van der Waals surface area contributed by atoms with Gasteiger partial charge < -0.3 is 34.6 Å². The Labute approximate surface area is 173 Å². The van der Waals surface area contributed by atoms with E-state index in [0.29, 0.717) is 44.3 Å². The summed E-state index contributed by atoms with van der Waals surface area (Å²) in [5.41, 5.74) is 0.0541. The monoisotopic (exact) mass is 416 g/mol. The summed E-state index contributed by atoms with van der Waals surface area (Å²) in [6.07, 6.45) is 0. The molecular formula is C21H24N2O7. The van der Waals surface area contributed by atoms with E-state index in [1.165, 1.54) is 4.90 Å². The zero-order chi connectivity index (χ0) is 21.7. The fourth-order valence-corrected chi connectivity index (χ4v) is 3.14. The molecule has 0 unspecified atom stereocenters. The van der Waals surface area contributed by atoms with Crippen molar-refractivity contribution in [2.45, 2.75) is 6.92 Å². The summed E-state index contributed by atoms with van der Waals surface area (Å²) in [4.78, 5) is 28.2. The smallest absolute Gasteiger partial charge is 0.260 e.